The lowest BCUT2D eigenvalue weighted by molar-refractivity contribution is 0.466. The van der Waals surface area contributed by atoms with Gasteiger partial charge in [0.1, 0.15) is 5.75 Å². The van der Waals surface area contributed by atoms with Crippen LogP contribution in [0.4, 0.5) is 0 Å². The Morgan fingerprint density at radius 1 is 1.42 bits per heavy atom. The highest BCUT2D eigenvalue weighted by molar-refractivity contribution is 5.19. The first-order valence-electron chi connectivity index (χ1n) is 4.01. The predicted octanol–water partition coefficient (Wildman–Crippen LogP) is 1.44. The highest BCUT2D eigenvalue weighted by Gasteiger charge is 2.10. The minimum atomic E-state index is -0.0504. The minimum absolute atomic E-state index is 0.0504. The van der Waals surface area contributed by atoms with Gasteiger partial charge in [0.05, 0.1) is 11.9 Å². The summed E-state index contributed by atoms with van der Waals surface area (Å²) in [5, 5.41) is 8.97. The number of nitrogens with two attached hydrogens (primary N) is 1. The van der Waals surface area contributed by atoms with Gasteiger partial charge in [-0.3, -0.25) is 4.98 Å². The summed E-state index contributed by atoms with van der Waals surface area (Å²) >= 11 is 0. The van der Waals surface area contributed by atoms with Gasteiger partial charge in [0, 0.05) is 6.04 Å². The molecule has 1 atom stereocenters. The Balaban J connectivity index is 2.82. The van der Waals surface area contributed by atoms with Gasteiger partial charge in [-0.25, -0.2) is 0 Å². The number of hydrogen-bond acceptors (Lipinski definition) is 3. The van der Waals surface area contributed by atoms with Crippen molar-refractivity contribution in [1.29, 1.82) is 0 Å². The molecule has 66 valence electrons. The maximum absolute atomic E-state index is 8.97. The molecule has 0 bridgehead atoms. The molecule has 0 saturated carbocycles. The SMILES string of the molecule is CC(C)[C@H](N)c1ccc(O)cn1. The molecule has 1 rings (SSSR count). The highest BCUT2D eigenvalue weighted by Crippen LogP contribution is 2.17. The number of nitrogens with zero attached hydrogens (tertiary/aromatic N) is 1. The summed E-state index contributed by atoms with van der Waals surface area (Å²) in [6.45, 7) is 4.08. The Hall–Kier alpha value is -1.09. The quantitative estimate of drug-likeness (QED) is 0.699. The third-order valence-electron chi connectivity index (χ3n) is 1.83. The van der Waals surface area contributed by atoms with Crippen LogP contribution < -0.4 is 5.73 Å². The van der Waals surface area contributed by atoms with Crippen molar-refractivity contribution in [2.24, 2.45) is 11.7 Å². The van der Waals surface area contributed by atoms with Crippen LogP contribution in [-0.2, 0) is 0 Å². The fraction of sp³-hybridized carbons (Fsp3) is 0.444. The van der Waals surface area contributed by atoms with Crippen molar-refractivity contribution in [1.82, 2.24) is 4.98 Å². The standard InChI is InChI=1S/C9H14N2O/c1-6(2)9(10)8-4-3-7(12)5-11-8/h3-6,9,12H,10H2,1-2H3/t9-/m0/s1. The second kappa shape index (κ2) is 3.54. The van der Waals surface area contributed by atoms with Crippen molar-refractivity contribution in [3.05, 3.63) is 24.0 Å². The van der Waals surface area contributed by atoms with E-state index in [1.54, 1.807) is 12.1 Å². The number of aromatic nitrogens is 1. The maximum atomic E-state index is 8.97. The zero-order valence-electron chi connectivity index (χ0n) is 7.36. The van der Waals surface area contributed by atoms with Crippen molar-refractivity contribution >= 4 is 0 Å². The monoisotopic (exact) mass is 166 g/mol. The molecule has 0 aliphatic carbocycles. The summed E-state index contributed by atoms with van der Waals surface area (Å²) < 4.78 is 0. The molecule has 3 heteroatoms. The van der Waals surface area contributed by atoms with Crippen LogP contribution >= 0.6 is 0 Å². The lowest BCUT2D eigenvalue weighted by atomic mass is 10.0. The summed E-state index contributed by atoms with van der Waals surface area (Å²) in [6.07, 6.45) is 1.41. The average Bonchev–Trinajstić information content (AvgIpc) is 2.04. The third kappa shape index (κ3) is 1.95. The van der Waals surface area contributed by atoms with E-state index in [-0.39, 0.29) is 11.8 Å². The molecule has 0 aliphatic heterocycles. The summed E-state index contributed by atoms with van der Waals surface area (Å²) in [4.78, 5) is 4.02. The Bertz CT molecular complexity index is 243. The van der Waals surface area contributed by atoms with E-state index in [0.29, 0.717) is 5.92 Å². The molecule has 0 amide bonds. The van der Waals surface area contributed by atoms with Gasteiger partial charge in [0.25, 0.3) is 0 Å². The molecule has 1 heterocycles. The molecule has 3 nitrogen and oxygen atoms in total. The number of pyridine rings is 1. The Morgan fingerprint density at radius 2 is 2.08 bits per heavy atom. The first kappa shape index (κ1) is 9.00. The Labute approximate surface area is 72.2 Å². The molecular weight excluding hydrogens is 152 g/mol. The molecule has 0 radical (unpaired) electrons. The summed E-state index contributed by atoms with van der Waals surface area (Å²) in [5.41, 5.74) is 6.67. The number of hydrogen-bond donors (Lipinski definition) is 2. The van der Waals surface area contributed by atoms with Crippen LogP contribution in [0.3, 0.4) is 0 Å². The second-order valence-corrected chi connectivity index (χ2v) is 3.21. The van der Waals surface area contributed by atoms with E-state index in [2.05, 4.69) is 4.98 Å². The fourth-order valence-electron chi connectivity index (χ4n) is 0.936. The van der Waals surface area contributed by atoms with Gasteiger partial charge in [0.2, 0.25) is 0 Å². The first-order chi connectivity index (χ1) is 5.61. The van der Waals surface area contributed by atoms with Crippen LogP contribution in [0.15, 0.2) is 18.3 Å². The molecule has 0 spiro atoms. The Kier molecular flexibility index (Phi) is 2.65. The fourth-order valence-corrected chi connectivity index (χ4v) is 0.936. The molecule has 1 aromatic heterocycles. The third-order valence-corrected chi connectivity index (χ3v) is 1.83. The molecule has 0 unspecified atom stereocenters. The van der Waals surface area contributed by atoms with Crippen LogP contribution in [0, 0.1) is 5.92 Å². The smallest absolute Gasteiger partial charge is 0.133 e. The lowest BCUT2D eigenvalue weighted by Crippen LogP contribution is -2.17. The zero-order valence-corrected chi connectivity index (χ0v) is 7.36. The van der Waals surface area contributed by atoms with E-state index < -0.39 is 0 Å². The van der Waals surface area contributed by atoms with E-state index in [4.69, 9.17) is 10.8 Å². The summed E-state index contributed by atoms with van der Waals surface area (Å²) in [6, 6.07) is 3.30. The molecular formula is C9H14N2O. The minimum Gasteiger partial charge on any atom is -0.506 e. The van der Waals surface area contributed by atoms with Crippen LogP contribution in [0.2, 0.25) is 0 Å². The van der Waals surface area contributed by atoms with E-state index in [1.165, 1.54) is 6.20 Å². The van der Waals surface area contributed by atoms with E-state index in [9.17, 15) is 0 Å². The molecule has 12 heavy (non-hydrogen) atoms. The number of aromatic hydroxyl groups is 1. The normalized spacial score (nSPS) is 13.3. The summed E-state index contributed by atoms with van der Waals surface area (Å²) in [7, 11) is 0. The van der Waals surface area contributed by atoms with Crippen molar-refractivity contribution in [2.45, 2.75) is 19.9 Å². The van der Waals surface area contributed by atoms with Crippen molar-refractivity contribution in [3.63, 3.8) is 0 Å². The molecule has 0 fully saturated rings. The zero-order chi connectivity index (χ0) is 9.14. The Morgan fingerprint density at radius 3 is 2.50 bits per heavy atom. The van der Waals surface area contributed by atoms with Gasteiger partial charge in [-0.2, -0.15) is 0 Å². The molecule has 1 aromatic rings. The van der Waals surface area contributed by atoms with Gasteiger partial charge < -0.3 is 10.8 Å². The summed E-state index contributed by atoms with van der Waals surface area (Å²) in [5.74, 6) is 0.539. The van der Waals surface area contributed by atoms with Crippen molar-refractivity contribution in [3.8, 4) is 5.75 Å². The predicted molar refractivity (Wildman–Crippen MR) is 47.7 cm³/mol. The van der Waals surface area contributed by atoms with Gasteiger partial charge in [-0.15, -0.1) is 0 Å². The van der Waals surface area contributed by atoms with Crippen molar-refractivity contribution in [2.75, 3.05) is 0 Å². The van der Waals surface area contributed by atoms with Crippen LogP contribution in [-0.4, -0.2) is 10.1 Å². The highest BCUT2D eigenvalue weighted by atomic mass is 16.3. The maximum Gasteiger partial charge on any atom is 0.133 e. The largest absolute Gasteiger partial charge is 0.506 e. The lowest BCUT2D eigenvalue weighted by Gasteiger charge is -2.14. The topological polar surface area (TPSA) is 59.1 Å². The first-order valence-corrected chi connectivity index (χ1v) is 4.01. The molecule has 0 saturated heterocycles. The molecule has 3 N–H and O–H groups in total. The average molecular weight is 166 g/mol. The second-order valence-electron chi connectivity index (χ2n) is 3.21. The van der Waals surface area contributed by atoms with Crippen molar-refractivity contribution < 1.29 is 5.11 Å². The number of rotatable bonds is 2. The van der Waals surface area contributed by atoms with E-state index in [0.717, 1.165) is 5.69 Å². The van der Waals surface area contributed by atoms with Gasteiger partial charge >= 0.3 is 0 Å². The molecule has 0 aromatic carbocycles. The van der Waals surface area contributed by atoms with Gasteiger partial charge in [-0.1, -0.05) is 13.8 Å². The van der Waals surface area contributed by atoms with E-state index >= 15 is 0 Å². The van der Waals surface area contributed by atoms with Crippen LogP contribution in [0.25, 0.3) is 0 Å². The van der Waals surface area contributed by atoms with Crippen LogP contribution in [0.5, 0.6) is 5.75 Å². The molecule has 0 aliphatic rings. The van der Waals surface area contributed by atoms with Gasteiger partial charge in [-0.05, 0) is 18.1 Å². The van der Waals surface area contributed by atoms with Crippen LogP contribution in [0.1, 0.15) is 25.6 Å². The van der Waals surface area contributed by atoms with Gasteiger partial charge in [0.15, 0.2) is 0 Å². The van der Waals surface area contributed by atoms with E-state index in [1.807, 2.05) is 13.8 Å².